The third-order valence-electron chi connectivity index (χ3n) is 5.13. The van der Waals surface area contributed by atoms with Crippen LogP contribution < -0.4 is 10.9 Å². The fourth-order valence-electron chi connectivity index (χ4n) is 3.53. The van der Waals surface area contributed by atoms with E-state index in [0.717, 1.165) is 27.6 Å². The molecule has 1 atom stereocenters. The maximum Gasteiger partial charge on any atom is 0.260 e. The van der Waals surface area contributed by atoms with Gasteiger partial charge in [0.2, 0.25) is 0 Å². The molecular weight excluding hydrogens is 404 g/mol. The van der Waals surface area contributed by atoms with Crippen molar-refractivity contribution >= 4 is 21.6 Å². The summed E-state index contributed by atoms with van der Waals surface area (Å²) in [6.07, 6.45) is 0. The number of fused-ring (bicyclic) bond motifs is 1. The lowest BCUT2D eigenvalue weighted by Crippen LogP contribution is -2.22. The highest BCUT2D eigenvalue weighted by Gasteiger charge is 2.17. The molecule has 2 aromatic carbocycles. The van der Waals surface area contributed by atoms with Crippen LogP contribution in [0.3, 0.4) is 0 Å². The molecule has 7 heteroatoms. The van der Waals surface area contributed by atoms with Crippen molar-refractivity contribution in [1.29, 1.82) is 0 Å². The van der Waals surface area contributed by atoms with E-state index in [2.05, 4.69) is 15.3 Å². The highest BCUT2D eigenvalue weighted by Crippen LogP contribution is 2.35. The summed E-state index contributed by atoms with van der Waals surface area (Å²) in [7, 11) is 0. The van der Waals surface area contributed by atoms with Crippen LogP contribution in [0, 0.1) is 25.5 Å². The van der Waals surface area contributed by atoms with E-state index in [1.54, 1.807) is 6.92 Å². The molecule has 0 bridgehead atoms. The van der Waals surface area contributed by atoms with Crippen LogP contribution >= 0.6 is 11.3 Å². The molecule has 0 saturated heterocycles. The Labute approximate surface area is 176 Å². The number of thiophene rings is 1. The third kappa shape index (κ3) is 3.91. The van der Waals surface area contributed by atoms with Crippen molar-refractivity contribution in [3.8, 4) is 11.1 Å². The molecule has 0 radical (unpaired) electrons. The second-order valence-electron chi connectivity index (χ2n) is 7.36. The summed E-state index contributed by atoms with van der Waals surface area (Å²) < 4.78 is 27.1. The molecule has 0 aliphatic heterocycles. The number of hydrogen-bond donors (Lipinski definition) is 2. The zero-order chi connectivity index (χ0) is 21.4. The lowest BCUT2D eigenvalue weighted by molar-refractivity contribution is 0.511. The zero-order valence-electron chi connectivity index (χ0n) is 16.8. The number of nitrogens with zero attached hydrogens (tertiary/aromatic N) is 1. The van der Waals surface area contributed by atoms with Crippen LogP contribution in [0.1, 0.15) is 34.8 Å². The third-order valence-corrected chi connectivity index (χ3v) is 6.13. The topological polar surface area (TPSA) is 57.8 Å². The molecule has 30 heavy (non-hydrogen) atoms. The maximum absolute atomic E-state index is 14.0. The predicted molar refractivity (Wildman–Crippen MR) is 117 cm³/mol. The zero-order valence-corrected chi connectivity index (χ0v) is 17.7. The number of nitrogens with one attached hydrogen (secondary N) is 2. The fourth-order valence-corrected chi connectivity index (χ4v) is 4.59. The molecular formula is C23H21F2N3OS. The van der Waals surface area contributed by atoms with E-state index in [9.17, 15) is 13.6 Å². The van der Waals surface area contributed by atoms with Crippen molar-refractivity contribution in [2.75, 3.05) is 0 Å². The number of hydrogen-bond acceptors (Lipinski definition) is 4. The van der Waals surface area contributed by atoms with Crippen molar-refractivity contribution in [3.05, 3.63) is 86.3 Å². The second-order valence-corrected chi connectivity index (χ2v) is 8.56. The van der Waals surface area contributed by atoms with Crippen LogP contribution in [-0.4, -0.2) is 9.97 Å². The summed E-state index contributed by atoms with van der Waals surface area (Å²) in [5.74, 6) is -0.751. The predicted octanol–water partition coefficient (Wildman–Crippen LogP) is 5.40. The first kappa shape index (κ1) is 20.4. The van der Waals surface area contributed by atoms with Crippen LogP contribution in [0.4, 0.5) is 8.78 Å². The Hall–Kier alpha value is -2.90. The molecule has 2 heterocycles. The van der Waals surface area contributed by atoms with Crippen molar-refractivity contribution in [2.24, 2.45) is 0 Å². The minimum Gasteiger partial charge on any atom is -0.309 e. The van der Waals surface area contributed by atoms with E-state index in [-0.39, 0.29) is 18.1 Å². The summed E-state index contributed by atoms with van der Waals surface area (Å²) in [5.41, 5.74) is 3.21. The molecule has 0 spiro atoms. The van der Waals surface area contributed by atoms with Gasteiger partial charge in [0.1, 0.15) is 22.3 Å². The van der Waals surface area contributed by atoms with Crippen molar-refractivity contribution in [3.63, 3.8) is 0 Å². The van der Waals surface area contributed by atoms with Gasteiger partial charge >= 0.3 is 0 Å². The van der Waals surface area contributed by atoms with Gasteiger partial charge in [-0.05, 0) is 32.4 Å². The number of benzene rings is 2. The highest BCUT2D eigenvalue weighted by atomic mass is 32.1. The van der Waals surface area contributed by atoms with Crippen LogP contribution in [0.5, 0.6) is 0 Å². The molecule has 4 rings (SSSR count). The molecule has 4 nitrogen and oxygen atoms in total. The largest absolute Gasteiger partial charge is 0.309 e. The summed E-state index contributed by atoms with van der Waals surface area (Å²) in [4.78, 5) is 22.0. The lowest BCUT2D eigenvalue weighted by atomic mass is 10.0. The van der Waals surface area contributed by atoms with Gasteiger partial charge in [0.05, 0.1) is 11.9 Å². The molecule has 0 amide bonds. The highest BCUT2D eigenvalue weighted by molar-refractivity contribution is 7.19. The normalized spacial score (nSPS) is 12.4. The van der Waals surface area contributed by atoms with Crippen LogP contribution in [0.2, 0.25) is 0 Å². The van der Waals surface area contributed by atoms with Crippen LogP contribution in [-0.2, 0) is 6.54 Å². The summed E-state index contributed by atoms with van der Waals surface area (Å²) in [6, 6.07) is 11.2. The molecule has 154 valence electrons. The van der Waals surface area contributed by atoms with Gasteiger partial charge in [0, 0.05) is 28.1 Å². The van der Waals surface area contributed by atoms with E-state index in [1.165, 1.54) is 23.5 Å². The molecule has 0 saturated carbocycles. The van der Waals surface area contributed by atoms with Crippen molar-refractivity contribution in [2.45, 2.75) is 33.4 Å². The smallest absolute Gasteiger partial charge is 0.260 e. The van der Waals surface area contributed by atoms with E-state index in [4.69, 9.17) is 0 Å². The second kappa shape index (κ2) is 8.08. The van der Waals surface area contributed by atoms with E-state index in [1.807, 2.05) is 38.1 Å². The van der Waals surface area contributed by atoms with Gasteiger partial charge in [0.25, 0.3) is 5.56 Å². The average Bonchev–Trinajstić information content (AvgIpc) is 3.03. The molecule has 0 fully saturated rings. The Balaban J connectivity index is 1.62. The number of aromatic nitrogens is 2. The Morgan fingerprint density at radius 3 is 2.57 bits per heavy atom. The molecule has 0 aliphatic rings. The summed E-state index contributed by atoms with van der Waals surface area (Å²) >= 11 is 1.48. The maximum atomic E-state index is 14.0. The first-order chi connectivity index (χ1) is 14.3. The fraction of sp³-hybridized carbons (Fsp3) is 0.217. The molecule has 2 N–H and O–H groups in total. The SMILES string of the molecule is Cc1ccc(-c2c(C)sc3nc(CN[C@H](C)c4ccc(F)cc4F)[nH]c(=O)c23)cc1. The average molecular weight is 426 g/mol. The van der Waals surface area contributed by atoms with Gasteiger partial charge < -0.3 is 10.3 Å². The van der Waals surface area contributed by atoms with E-state index >= 15 is 0 Å². The molecule has 0 aliphatic carbocycles. The van der Waals surface area contributed by atoms with Crippen LogP contribution in [0.25, 0.3) is 21.3 Å². The first-order valence-corrected chi connectivity index (χ1v) is 10.4. The monoisotopic (exact) mass is 425 g/mol. The lowest BCUT2D eigenvalue weighted by Gasteiger charge is -2.14. The molecule has 2 aromatic heterocycles. The number of aromatic amines is 1. The Kier molecular flexibility index (Phi) is 5.49. The first-order valence-electron chi connectivity index (χ1n) is 9.61. The molecule has 4 aromatic rings. The van der Waals surface area contributed by atoms with Gasteiger partial charge in [-0.3, -0.25) is 4.79 Å². The Morgan fingerprint density at radius 2 is 1.87 bits per heavy atom. The standard InChI is InChI=1S/C23H21F2N3OS/c1-12-4-6-15(7-5-12)20-14(3)30-23-21(20)22(29)27-19(28-23)11-26-13(2)17-9-8-16(24)10-18(17)25/h4-10,13,26H,11H2,1-3H3,(H,27,28,29)/t13-/m1/s1. The van der Waals surface area contributed by atoms with E-state index in [0.29, 0.717) is 21.6 Å². The number of aryl methyl sites for hydroxylation is 2. The van der Waals surface area contributed by atoms with Crippen LogP contribution in [0.15, 0.2) is 47.3 Å². The Bertz CT molecular complexity index is 1280. The van der Waals surface area contributed by atoms with Gasteiger partial charge in [-0.2, -0.15) is 0 Å². The number of halogens is 2. The van der Waals surface area contributed by atoms with Gasteiger partial charge in [0.15, 0.2) is 0 Å². The quantitative estimate of drug-likeness (QED) is 0.450. The minimum atomic E-state index is -0.614. The van der Waals surface area contributed by atoms with Gasteiger partial charge in [-0.15, -0.1) is 11.3 Å². The van der Waals surface area contributed by atoms with Gasteiger partial charge in [-0.1, -0.05) is 35.9 Å². The van der Waals surface area contributed by atoms with Crippen molar-refractivity contribution in [1.82, 2.24) is 15.3 Å². The number of rotatable bonds is 5. The Morgan fingerprint density at radius 1 is 1.13 bits per heavy atom. The van der Waals surface area contributed by atoms with Gasteiger partial charge in [-0.25, -0.2) is 13.8 Å². The summed E-state index contributed by atoms with van der Waals surface area (Å²) in [6.45, 7) is 6.03. The minimum absolute atomic E-state index is 0.197. The molecule has 0 unspecified atom stereocenters. The van der Waals surface area contributed by atoms with Crippen molar-refractivity contribution < 1.29 is 8.78 Å². The summed E-state index contributed by atoms with van der Waals surface area (Å²) in [5, 5.41) is 3.72. The number of H-pyrrole nitrogens is 1. The van der Waals surface area contributed by atoms with E-state index < -0.39 is 11.6 Å².